The molecule has 0 aromatic heterocycles. The van der Waals surface area contributed by atoms with Crippen LogP contribution in [0.1, 0.15) is 0 Å². The molecule has 1 aromatic rings. The third kappa shape index (κ3) is 3.08. The van der Waals surface area contributed by atoms with Gasteiger partial charge in [-0.05, 0) is 34.1 Å². The number of benzene rings is 1. The second-order valence-corrected chi connectivity index (χ2v) is 3.86. The second kappa shape index (κ2) is 5.07. The first kappa shape index (κ1) is 11.1. The molecule has 0 radical (unpaired) electrons. The molecule has 0 spiro atoms. The molecule has 1 aromatic carbocycles. The Labute approximate surface area is 94.9 Å². The van der Waals surface area contributed by atoms with Crippen molar-refractivity contribution >= 4 is 39.1 Å². The normalized spacial score (nSPS) is 11.4. The summed E-state index contributed by atoms with van der Waals surface area (Å²) in [5.74, 6) is 0.117. The van der Waals surface area contributed by atoms with Crippen molar-refractivity contribution < 1.29 is 5.21 Å². The van der Waals surface area contributed by atoms with E-state index >= 15 is 0 Å². The number of nitrogens with one attached hydrogen (secondary N) is 1. The average Bonchev–Trinajstić information content (AvgIpc) is 2.16. The lowest BCUT2D eigenvalue weighted by atomic mass is 10.3. The molecule has 76 valence electrons. The molecule has 1 rings (SSSR count). The fraction of sp³-hybridized carbons (Fsp3) is 0.125. The van der Waals surface area contributed by atoms with Crippen LogP contribution in [0.2, 0.25) is 5.02 Å². The van der Waals surface area contributed by atoms with Gasteiger partial charge >= 0.3 is 0 Å². The number of hydrogen-bond acceptors (Lipinski definition) is 3. The van der Waals surface area contributed by atoms with Gasteiger partial charge in [-0.3, -0.25) is 0 Å². The van der Waals surface area contributed by atoms with Crippen LogP contribution >= 0.6 is 27.5 Å². The van der Waals surface area contributed by atoms with E-state index in [-0.39, 0.29) is 12.4 Å². The van der Waals surface area contributed by atoms with Crippen LogP contribution in [-0.2, 0) is 0 Å². The summed E-state index contributed by atoms with van der Waals surface area (Å²) < 4.78 is 0.829. The minimum Gasteiger partial charge on any atom is -0.409 e. The van der Waals surface area contributed by atoms with Gasteiger partial charge in [0.05, 0.1) is 6.54 Å². The zero-order valence-corrected chi connectivity index (χ0v) is 9.51. The second-order valence-electron chi connectivity index (χ2n) is 2.57. The maximum Gasteiger partial charge on any atom is 0.158 e. The van der Waals surface area contributed by atoms with Gasteiger partial charge in [0.1, 0.15) is 0 Å². The van der Waals surface area contributed by atoms with E-state index in [9.17, 15) is 0 Å². The van der Waals surface area contributed by atoms with E-state index in [1.807, 2.05) is 0 Å². The highest BCUT2D eigenvalue weighted by Crippen LogP contribution is 2.25. The summed E-state index contributed by atoms with van der Waals surface area (Å²) in [6.07, 6.45) is 0. The van der Waals surface area contributed by atoms with Crippen LogP contribution in [-0.4, -0.2) is 17.6 Å². The molecule has 0 saturated carbocycles. The van der Waals surface area contributed by atoms with E-state index in [1.165, 1.54) is 0 Å². The topological polar surface area (TPSA) is 70.6 Å². The summed E-state index contributed by atoms with van der Waals surface area (Å²) >= 11 is 9.09. The zero-order chi connectivity index (χ0) is 10.6. The van der Waals surface area contributed by atoms with E-state index in [1.54, 1.807) is 18.2 Å². The van der Waals surface area contributed by atoms with Crippen LogP contribution in [0, 0.1) is 0 Å². The number of amidine groups is 1. The molecule has 0 amide bonds. The Morgan fingerprint density at radius 2 is 2.36 bits per heavy atom. The summed E-state index contributed by atoms with van der Waals surface area (Å²) in [6.45, 7) is 0.275. The molecule has 0 saturated heterocycles. The van der Waals surface area contributed by atoms with Gasteiger partial charge in [-0.1, -0.05) is 16.8 Å². The molecule has 0 aliphatic heterocycles. The fourth-order valence-electron chi connectivity index (χ4n) is 0.854. The monoisotopic (exact) mass is 277 g/mol. The van der Waals surface area contributed by atoms with E-state index in [2.05, 4.69) is 26.4 Å². The van der Waals surface area contributed by atoms with Crippen molar-refractivity contribution in [3.05, 3.63) is 27.7 Å². The maximum atomic E-state index is 8.32. The lowest BCUT2D eigenvalue weighted by Gasteiger charge is -2.07. The highest BCUT2D eigenvalue weighted by Gasteiger charge is 2.00. The highest BCUT2D eigenvalue weighted by molar-refractivity contribution is 9.10. The lowest BCUT2D eigenvalue weighted by molar-refractivity contribution is 0.317. The lowest BCUT2D eigenvalue weighted by Crippen LogP contribution is -2.22. The van der Waals surface area contributed by atoms with Gasteiger partial charge < -0.3 is 16.3 Å². The van der Waals surface area contributed by atoms with Gasteiger partial charge in [-0.25, -0.2) is 0 Å². The molecular weight excluding hydrogens is 269 g/mol. The number of oxime groups is 1. The predicted molar refractivity (Wildman–Crippen MR) is 61.1 cm³/mol. The first-order chi connectivity index (χ1) is 6.63. The molecular formula is C8H9BrClN3O. The van der Waals surface area contributed by atoms with Gasteiger partial charge in [0.2, 0.25) is 0 Å². The minimum atomic E-state index is 0.117. The Morgan fingerprint density at radius 3 is 2.93 bits per heavy atom. The number of hydrogen-bond donors (Lipinski definition) is 3. The van der Waals surface area contributed by atoms with Crippen molar-refractivity contribution in [2.45, 2.75) is 0 Å². The molecule has 0 aliphatic carbocycles. The highest BCUT2D eigenvalue weighted by atomic mass is 79.9. The smallest absolute Gasteiger partial charge is 0.158 e. The van der Waals surface area contributed by atoms with Crippen LogP contribution in [0.3, 0.4) is 0 Å². The van der Waals surface area contributed by atoms with Crippen molar-refractivity contribution in [2.75, 3.05) is 11.9 Å². The number of nitrogens with two attached hydrogens (primary N) is 1. The summed E-state index contributed by atoms with van der Waals surface area (Å²) in [6, 6.07) is 5.31. The van der Waals surface area contributed by atoms with Crippen molar-refractivity contribution in [1.82, 2.24) is 0 Å². The van der Waals surface area contributed by atoms with E-state index < -0.39 is 0 Å². The third-order valence-corrected chi connectivity index (χ3v) is 2.41. The van der Waals surface area contributed by atoms with Gasteiger partial charge in [0, 0.05) is 15.2 Å². The van der Waals surface area contributed by atoms with Crippen LogP contribution in [0.25, 0.3) is 0 Å². The Bertz CT molecular complexity index is 356. The van der Waals surface area contributed by atoms with Crippen LogP contribution in [0.5, 0.6) is 0 Å². The van der Waals surface area contributed by atoms with Crippen molar-refractivity contribution in [1.29, 1.82) is 0 Å². The number of rotatable bonds is 3. The summed E-state index contributed by atoms with van der Waals surface area (Å²) in [7, 11) is 0. The Kier molecular flexibility index (Phi) is 4.03. The van der Waals surface area contributed by atoms with E-state index in [4.69, 9.17) is 22.5 Å². The molecule has 0 aliphatic rings. The molecule has 0 heterocycles. The van der Waals surface area contributed by atoms with Crippen molar-refractivity contribution in [3.8, 4) is 0 Å². The van der Waals surface area contributed by atoms with Crippen molar-refractivity contribution in [3.63, 3.8) is 0 Å². The first-order valence-electron chi connectivity index (χ1n) is 3.79. The standard InChI is InChI=1S/C8H9BrClN3O/c9-6-3-5(10)1-2-7(6)12-4-8(11)13-14/h1-3,12,14H,4H2,(H2,11,13). The molecule has 6 heteroatoms. The van der Waals surface area contributed by atoms with Gasteiger partial charge in [0.25, 0.3) is 0 Å². The minimum absolute atomic E-state index is 0.117. The zero-order valence-electron chi connectivity index (χ0n) is 7.17. The summed E-state index contributed by atoms with van der Waals surface area (Å²) in [5, 5.41) is 14.8. The molecule has 0 fully saturated rings. The van der Waals surface area contributed by atoms with Gasteiger partial charge in [-0.2, -0.15) is 0 Å². The Balaban J connectivity index is 2.68. The maximum absolute atomic E-state index is 8.32. The number of anilines is 1. The Hall–Kier alpha value is -0.940. The first-order valence-corrected chi connectivity index (χ1v) is 4.96. The average molecular weight is 279 g/mol. The molecule has 0 unspecified atom stereocenters. The quantitative estimate of drug-likeness (QED) is 0.344. The molecule has 0 atom stereocenters. The summed E-state index contributed by atoms with van der Waals surface area (Å²) in [5.41, 5.74) is 6.13. The van der Waals surface area contributed by atoms with E-state index in [0.717, 1.165) is 10.2 Å². The SMILES string of the molecule is N/C(CNc1ccc(Cl)cc1Br)=N/O. The predicted octanol–water partition coefficient (Wildman–Crippen LogP) is 2.26. The molecule has 4 nitrogen and oxygen atoms in total. The molecule has 14 heavy (non-hydrogen) atoms. The van der Waals surface area contributed by atoms with Gasteiger partial charge in [0.15, 0.2) is 5.84 Å². The fourth-order valence-corrected chi connectivity index (χ4v) is 1.68. The van der Waals surface area contributed by atoms with Gasteiger partial charge in [-0.15, -0.1) is 0 Å². The van der Waals surface area contributed by atoms with Crippen molar-refractivity contribution in [2.24, 2.45) is 10.9 Å². The third-order valence-electron chi connectivity index (χ3n) is 1.52. The van der Waals surface area contributed by atoms with E-state index in [0.29, 0.717) is 5.02 Å². The van der Waals surface area contributed by atoms with Crippen LogP contribution in [0.15, 0.2) is 27.8 Å². The molecule has 0 bridgehead atoms. The van der Waals surface area contributed by atoms with Crippen LogP contribution < -0.4 is 11.1 Å². The number of halogens is 2. The summed E-state index contributed by atoms with van der Waals surface area (Å²) in [4.78, 5) is 0. The Morgan fingerprint density at radius 1 is 1.64 bits per heavy atom. The van der Waals surface area contributed by atoms with Crippen LogP contribution in [0.4, 0.5) is 5.69 Å². The molecule has 4 N–H and O–H groups in total. The number of nitrogens with zero attached hydrogens (tertiary/aromatic N) is 1. The largest absolute Gasteiger partial charge is 0.409 e.